The standard InChI is InChI=1S/C13H13F3N2O2/c14-13(15,16)9-6-10(12(20)17-7-9)18-11(19)5-8-3-1-2-4-8/h1,3,6-8H,2,4-5H2,(H,17,20)(H,18,19). The highest BCUT2D eigenvalue weighted by molar-refractivity contribution is 5.90. The van der Waals surface area contributed by atoms with E-state index in [-0.39, 0.29) is 18.0 Å². The largest absolute Gasteiger partial charge is 0.417 e. The average molecular weight is 286 g/mol. The van der Waals surface area contributed by atoms with Crippen LogP contribution in [0.2, 0.25) is 0 Å². The molecule has 108 valence electrons. The second-order valence-electron chi connectivity index (χ2n) is 4.65. The Labute approximate surface area is 112 Å². The molecule has 0 fully saturated rings. The Balaban J connectivity index is 2.10. The van der Waals surface area contributed by atoms with Crippen molar-refractivity contribution in [1.82, 2.24) is 4.98 Å². The second kappa shape index (κ2) is 5.52. The highest BCUT2D eigenvalue weighted by atomic mass is 19.4. The first kappa shape index (κ1) is 14.4. The molecule has 4 nitrogen and oxygen atoms in total. The molecule has 1 aromatic heterocycles. The zero-order chi connectivity index (χ0) is 14.8. The van der Waals surface area contributed by atoms with Crippen LogP contribution in [0.5, 0.6) is 0 Å². The molecular formula is C13H13F3N2O2. The van der Waals surface area contributed by atoms with E-state index in [0.717, 1.165) is 12.8 Å². The molecule has 1 atom stereocenters. The lowest BCUT2D eigenvalue weighted by atomic mass is 10.1. The Kier molecular flexibility index (Phi) is 3.96. The van der Waals surface area contributed by atoms with Crippen molar-refractivity contribution < 1.29 is 18.0 Å². The van der Waals surface area contributed by atoms with Crippen LogP contribution in [-0.4, -0.2) is 10.9 Å². The number of pyridine rings is 1. The summed E-state index contributed by atoms with van der Waals surface area (Å²) in [5.41, 5.74) is -2.15. The molecule has 0 bridgehead atoms. The van der Waals surface area contributed by atoms with Crippen molar-refractivity contribution in [3.8, 4) is 0 Å². The molecule has 20 heavy (non-hydrogen) atoms. The van der Waals surface area contributed by atoms with Gasteiger partial charge in [0.25, 0.3) is 5.56 Å². The molecule has 1 heterocycles. The number of allylic oxidation sites excluding steroid dienone is 2. The van der Waals surface area contributed by atoms with E-state index >= 15 is 0 Å². The summed E-state index contributed by atoms with van der Waals surface area (Å²) < 4.78 is 37.6. The minimum Gasteiger partial charge on any atom is -0.327 e. The van der Waals surface area contributed by atoms with E-state index in [1.165, 1.54) is 0 Å². The highest BCUT2D eigenvalue weighted by Crippen LogP contribution is 2.29. The molecule has 2 rings (SSSR count). The topological polar surface area (TPSA) is 62.0 Å². The summed E-state index contributed by atoms with van der Waals surface area (Å²) >= 11 is 0. The van der Waals surface area contributed by atoms with Crippen molar-refractivity contribution in [2.45, 2.75) is 25.4 Å². The molecule has 1 aliphatic carbocycles. The first-order valence-electron chi connectivity index (χ1n) is 6.12. The molecule has 0 aromatic carbocycles. The normalized spacial score (nSPS) is 18.2. The van der Waals surface area contributed by atoms with E-state index in [0.29, 0.717) is 12.3 Å². The minimum atomic E-state index is -4.57. The van der Waals surface area contributed by atoms with Gasteiger partial charge in [-0.1, -0.05) is 12.2 Å². The van der Waals surface area contributed by atoms with Gasteiger partial charge in [-0.2, -0.15) is 13.2 Å². The first-order chi connectivity index (χ1) is 9.36. The molecule has 0 spiro atoms. The second-order valence-corrected chi connectivity index (χ2v) is 4.65. The molecule has 1 aromatic rings. The summed E-state index contributed by atoms with van der Waals surface area (Å²) in [6.07, 6.45) is 1.75. The van der Waals surface area contributed by atoms with Gasteiger partial charge in [0.2, 0.25) is 5.91 Å². The number of H-pyrrole nitrogens is 1. The number of hydrogen-bond donors (Lipinski definition) is 2. The number of hydrogen-bond acceptors (Lipinski definition) is 2. The summed E-state index contributed by atoms with van der Waals surface area (Å²) in [4.78, 5) is 25.1. The molecule has 1 aliphatic rings. The summed E-state index contributed by atoms with van der Waals surface area (Å²) in [6, 6.07) is 0.640. The molecule has 0 radical (unpaired) electrons. The van der Waals surface area contributed by atoms with Crippen LogP contribution >= 0.6 is 0 Å². The summed E-state index contributed by atoms with van der Waals surface area (Å²) in [7, 11) is 0. The van der Waals surface area contributed by atoms with Gasteiger partial charge in [0.1, 0.15) is 5.69 Å². The maximum Gasteiger partial charge on any atom is 0.417 e. The van der Waals surface area contributed by atoms with Crippen LogP contribution in [0, 0.1) is 5.92 Å². The number of halogens is 3. The predicted molar refractivity (Wildman–Crippen MR) is 67.2 cm³/mol. The Bertz CT molecular complexity index is 590. The molecule has 0 aliphatic heterocycles. The van der Waals surface area contributed by atoms with Crippen LogP contribution in [0.3, 0.4) is 0 Å². The zero-order valence-corrected chi connectivity index (χ0v) is 10.5. The molecular weight excluding hydrogens is 273 g/mol. The van der Waals surface area contributed by atoms with Gasteiger partial charge in [0, 0.05) is 12.6 Å². The Morgan fingerprint density at radius 1 is 1.45 bits per heavy atom. The zero-order valence-electron chi connectivity index (χ0n) is 10.5. The third-order valence-corrected chi connectivity index (χ3v) is 3.06. The van der Waals surface area contributed by atoms with Crippen LogP contribution < -0.4 is 10.9 Å². The fraction of sp³-hybridized carbons (Fsp3) is 0.385. The Hall–Kier alpha value is -2.05. The van der Waals surface area contributed by atoms with Gasteiger partial charge in [-0.3, -0.25) is 9.59 Å². The quantitative estimate of drug-likeness (QED) is 0.839. The van der Waals surface area contributed by atoms with Crippen LogP contribution in [0.4, 0.5) is 18.9 Å². The van der Waals surface area contributed by atoms with Crippen molar-refractivity contribution in [1.29, 1.82) is 0 Å². The van der Waals surface area contributed by atoms with Gasteiger partial charge in [-0.05, 0) is 24.8 Å². The van der Waals surface area contributed by atoms with Crippen molar-refractivity contribution in [2.24, 2.45) is 5.92 Å². The number of nitrogens with one attached hydrogen (secondary N) is 2. The summed E-state index contributed by atoms with van der Waals surface area (Å²) in [5, 5.41) is 2.23. The number of aromatic nitrogens is 1. The molecule has 1 amide bonds. The highest BCUT2D eigenvalue weighted by Gasteiger charge is 2.31. The summed E-state index contributed by atoms with van der Waals surface area (Å²) in [6.45, 7) is 0. The maximum atomic E-state index is 12.5. The molecule has 1 unspecified atom stereocenters. The van der Waals surface area contributed by atoms with E-state index in [1.807, 2.05) is 17.1 Å². The third kappa shape index (κ3) is 3.49. The lowest BCUT2D eigenvalue weighted by Gasteiger charge is -2.10. The SMILES string of the molecule is O=C(CC1C=CCC1)Nc1cc(C(F)(F)F)c[nH]c1=O. The van der Waals surface area contributed by atoms with Crippen LogP contribution in [0.25, 0.3) is 0 Å². The predicted octanol–water partition coefficient (Wildman–Crippen LogP) is 2.69. The maximum absolute atomic E-state index is 12.5. The van der Waals surface area contributed by atoms with Crippen molar-refractivity contribution in [3.63, 3.8) is 0 Å². The summed E-state index contributed by atoms with van der Waals surface area (Å²) in [5.74, 6) is -0.383. The average Bonchev–Trinajstić information content (AvgIpc) is 2.83. The van der Waals surface area contributed by atoms with E-state index in [2.05, 4.69) is 5.32 Å². The minimum absolute atomic E-state index is 0.0832. The fourth-order valence-corrected chi connectivity index (χ4v) is 2.04. The van der Waals surface area contributed by atoms with Gasteiger partial charge >= 0.3 is 6.18 Å². The van der Waals surface area contributed by atoms with E-state index in [9.17, 15) is 22.8 Å². The number of rotatable bonds is 3. The fourth-order valence-electron chi connectivity index (χ4n) is 2.04. The van der Waals surface area contributed by atoms with Crippen LogP contribution in [0.15, 0.2) is 29.2 Å². The van der Waals surface area contributed by atoms with Crippen molar-refractivity contribution >= 4 is 11.6 Å². The Morgan fingerprint density at radius 3 is 2.80 bits per heavy atom. The van der Waals surface area contributed by atoms with E-state index in [1.54, 1.807) is 0 Å². The molecule has 0 saturated heterocycles. The van der Waals surface area contributed by atoms with Gasteiger partial charge in [0.05, 0.1) is 5.56 Å². The molecule has 7 heteroatoms. The van der Waals surface area contributed by atoms with Gasteiger partial charge in [0.15, 0.2) is 0 Å². The molecule has 2 N–H and O–H groups in total. The number of carbonyl (C=O) groups is 1. The van der Waals surface area contributed by atoms with Crippen LogP contribution in [0.1, 0.15) is 24.8 Å². The lowest BCUT2D eigenvalue weighted by Crippen LogP contribution is -2.22. The number of aromatic amines is 1. The number of amides is 1. The van der Waals surface area contributed by atoms with Crippen molar-refractivity contribution in [3.05, 3.63) is 40.3 Å². The lowest BCUT2D eigenvalue weighted by molar-refractivity contribution is -0.137. The van der Waals surface area contributed by atoms with Gasteiger partial charge in [-0.25, -0.2) is 0 Å². The van der Waals surface area contributed by atoms with E-state index < -0.39 is 23.2 Å². The number of carbonyl (C=O) groups excluding carboxylic acids is 1. The monoisotopic (exact) mass is 286 g/mol. The Morgan fingerprint density at radius 2 is 2.20 bits per heavy atom. The third-order valence-electron chi connectivity index (χ3n) is 3.06. The van der Waals surface area contributed by atoms with Gasteiger partial charge < -0.3 is 10.3 Å². The smallest absolute Gasteiger partial charge is 0.327 e. The van der Waals surface area contributed by atoms with E-state index in [4.69, 9.17) is 0 Å². The van der Waals surface area contributed by atoms with Crippen LogP contribution in [-0.2, 0) is 11.0 Å². The first-order valence-corrected chi connectivity index (χ1v) is 6.12. The number of anilines is 1. The molecule has 0 saturated carbocycles. The number of alkyl halides is 3. The van der Waals surface area contributed by atoms with Gasteiger partial charge in [-0.15, -0.1) is 0 Å². The van der Waals surface area contributed by atoms with Crippen molar-refractivity contribution in [2.75, 3.05) is 5.32 Å².